The van der Waals surface area contributed by atoms with Crippen LogP contribution in [0.3, 0.4) is 0 Å². The minimum Gasteiger partial charge on any atom is -0.478 e. The van der Waals surface area contributed by atoms with Crippen LogP contribution in [0.15, 0.2) is 24.3 Å². The van der Waals surface area contributed by atoms with Gasteiger partial charge in [-0.25, -0.2) is 9.18 Å². The maximum atomic E-state index is 13.7. The van der Waals surface area contributed by atoms with Crippen molar-refractivity contribution in [2.75, 3.05) is 11.4 Å². The van der Waals surface area contributed by atoms with E-state index in [1.807, 2.05) is 6.07 Å². The van der Waals surface area contributed by atoms with Gasteiger partial charge in [-0.1, -0.05) is 0 Å². The molecule has 2 fully saturated rings. The van der Waals surface area contributed by atoms with Crippen LogP contribution in [-0.4, -0.2) is 23.7 Å². The van der Waals surface area contributed by atoms with Gasteiger partial charge in [0.25, 0.3) is 0 Å². The fraction of sp³-hybridized carbons (Fsp3) is 0.438. The van der Waals surface area contributed by atoms with Crippen molar-refractivity contribution in [3.63, 3.8) is 0 Å². The highest BCUT2D eigenvalue weighted by atomic mass is 19.1. The second-order valence-corrected chi connectivity index (χ2v) is 5.74. The van der Waals surface area contributed by atoms with Crippen LogP contribution < -0.4 is 4.90 Å². The van der Waals surface area contributed by atoms with E-state index in [9.17, 15) is 9.18 Å². The quantitative estimate of drug-likeness (QED) is 0.810. The van der Waals surface area contributed by atoms with Crippen molar-refractivity contribution in [3.05, 3.63) is 35.7 Å². The van der Waals surface area contributed by atoms with Crippen molar-refractivity contribution in [1.29, 1.82) is 0 Å². The molecule has 1 aromatic carbocycles. The number of halogens is 1. The average molecular weight is 275 g/mol. The second kappa shape index (κ2) is 5.27. The minimum atomic E-state index is -1.02. The van der Waals surface area contributed by atoms with Gasteiger partial charge in [0, 0.05) is 24.4 Å². The van der Waals surface area contributed by atoms with E-state index in [4.69, 9.17) is 5.11 Å². The molecular formula is C16H18FNO2. The highest BCUT2D eigenvalue weighted by Gasteiger charge is 2.34. The Labute approximate surface area is 117 Å². The Morgan fingerprint density at radius 3 is 2.65 bits per heavy atom. The third-order valence-electron chi connectivity index (χ3n) is 3.79. The molecule has 0 aliphatic heterocycles. The summed E-state index contributed by atoms with van der Waals surface area (Å²) in [5.41, 5.74) is 1.48. The molecule has 0 heterocycles. The van der Waals surface area contributed by atoms with Gasteiger partial charge in [-0.05, 0) is 61.4 Å². The molecule has 1 aromatic rings. The average Bonchev–Trinajstić information content (AvgIpc) is 3.25. The highest BCUT2D eigenvalue weighted by Crippen LogP contribution is 2.38. The van der Waals surface area contributed by atoms with Crippen LogP contribution in [0, 0.1) is 11.7 Å². The molecule has 20 heavy (non-hydrogen) atoms. The number of nitrogens with zero attached hydrogens (tertiary/aromatic N) is 1. The molecule has 0 amide bonds. The smallest absolute Gasteiger partial charge is 0.328 e. The first-order valence-corrected chi connectivity index (χ1v) is 7.10. The predicted molar refractivity (Wildman–Crippen MR) is 76.2 cm³/mol. The van der Waals surface area contributed by atoms with Crippen LogP contribution >= 0.6 is 0 Å². The zero-order valence-electron chi connectivity index (χ0n) is 11.3. The normalized spacial score (nSPS) is 18.4. The van der Waals surface area contributed by atoms with Gasteiger partial charge >= 0.3 is 5.97 Å². The summed E-state index contributed by atoms with van der Waals surface area (Å²) in [7, 11) is 0. The number of carboxylic acid groups (broad SMARTS) is 1. The van der Waals surface area contributed by atoms with Crippen molar-refractivity contribution >= 4 is 17.7 Å². The fourth-order valence-corrected chi connectivity index (χ4v) is 2.46. The fourth-order valence-electron chi connectivity index (χ4n) is 2.46. The summed E-state index contributed by atoms with van der Waals surface area (Å²) in [5.74, 6) is -0.585. The molecule has 0 atom stereocenters. The lowest BCUT2D eigenvalue weighted by Gasteiger charge is -2.25. The molecule has 2 aliphatic carbocycles. The molecule has 3 nitrogen and oxygen atoms in total. The van der Waals surface area contributed by atoms with Crippen LogP contribution in [0.1, 0.15) is 31.2 Å². The zero-order chi connectivity index (χ0) is 14.1. The summed E-state index contributed by atoms with van der Waals surface area (Å²) < 4.78 is 13.7. The lowest BCUT2D eigenvalue weighted by molar-refractivity contribution is -0.131. The van der Waals surface area contributed by atoms with Crippen molar-refractivity contribution in [1.82, 2.24) is 0 Å². The van der Waals surface area contributed by atoms with Gasteiger partial charge in [0.2, 0.25) is 0 Å². The van der Waals surface area contributed by atoms with Gasteiger partial charge < -0.3 is 10.0 Å². The van der Waals surface area contributed by atoms with Crippen molar-refractivity contribution in [3.8, 4) is 0 Å². The maximum absolute atomic E-state index is 13.7. The minimum absolute atomic E-state index is 0.311. The first-order chi connectivity index (χ1) is 9.61. The molecule has 0 radical (unpaired) electrons. The lowest BCUT2D eigenvalue weighted by atomic mass is 10.1. The Balaban J connectivity index is 1.84. The second-order valence-electron chi connectivity index (χ2n) is 5.74. The van der Waals surface area contributed by atoms with E-state index >= 15 is 0 Å². The summed E-state index contributed by atoms with van der Waals surface area (Å²) in [4.78, 5) is 12.8. The Hall–Kier alpha value is -1.84. The van der Waals surface area contributed by atoms with Gasteiger partial charge in [-0.3, -0.25) is 0 Å². The number of carboxylic acids is 1. The summed E-state index contributed by atoms with van der Waals surface area (Å²) in [6, 6.07) is 5.33. The molecule has 0 bridgehead atoms. The molecule has 0 spiro atoms. The van der Waals surface area contributed by atoms with E-state index in [2.05, 4.69) is 4.90 Å². The van der Waals surface area contributed by atoms with E-state index in [0.29, 0.717) is 11.6 Å². The van der Waals surface area contributed by atoms with E-state index < -0.39 is 5.97 Å². The maximum Gasteiger partial charge on any atom is 0.328 e. The van der Waals surface area contributed by atoms with Gasteiger partial charge in [-0.15, -0.1) is 0 Å². The largest absolute Gasteiger partial charge is 0.478 e. The number of hydrogen-bond donors (Lipinski definition) is 1. The molecule has 106 valence electrons. The summed E-state index contributed by atoms with van der Waals surface area (Å²) in [6.07, 6.45) is 7.36. The van der Waals surface area contributed by atoms with E-state index in [1.165, 1.54) is 37.8 Å². The third-order valence-corrected chi connectivity index (χ3v) is 3.79. The van der Waals surface area contributed by atoms with Gasteiger partial charge in [0.15, 0.2) is 0 Å². The van der Waals surface area contributed by atoms with E-state index in [0.717, 1.165) is 24.2 Å². The monoisotopic (exact) mass is 275 g/mol. The van der Waals surface area contributed by atoms with Gasteiger partial charge in [-0.2, -0.15) is 0 Å². The molecule has 3 rings (SSSR count). The number of rotatable bonds is 6. The first-order valence-electron chi connectivity index (χ1n) is 7.10. The molecule has 0 unspecified atom stereocenters. The van der Waals surface area contributed by atoms with E-state index in [-0.39, 0.29) is 5.82 Å². The van der Waals surface area contributed by atoms with Crippen LogP contribution in [0.4, 0.5) is 10.1 Å². The third kappa shape index (κ3) is 3.38. The molecular weight excluding hydrogens is 257 g/mol. The SMILES string of the molecule is O=C(O)/C=C/c1cc(F)cc(N(CC2CC2)C2CC2)c1. The zero-order valence-corrected chi connectivity index (χ0v) is 11.3. The van der Waals surface area contributed by atoms with Crippen LogP contribution in [0.5, 0.6) is 0 Å². The number of benzene rings is 1. The predicted octanol–water partition coefficient (Wildman–Crippen LogP) is 3.30. The summed E-state index contributed by atoms with van der Waals surface area (Å²) >= 11 is 0. The van der Waals surface area contributed by atoms with E-state index in [1.54, 1.807) is 6.07 Å². The van der Waals surface area contributed by atoms with Crippen LogP contribution in [-0.2, 0) is 4.79 Å². The summed E-state index contributed by atoms with van der Waals surface area (Å²) in [5, 5.41) is 8.66. The van der Waals surface area contributed by atoms with Crippen LogP contribution in [0.25, 0.3) is 6.08 Å². The highest BCUT2D eigenvalue weighted by molar-refractivity contribution is 5.85. The van der Waals surface area contributed by atoms with Gasteiger partial charge in [0.1, 0.15) is 5.82 Å². The molecule has 1 N–H and O–H groups in total. The van der Waals surface area contributed by atoms with Crippen molar-refractivity contribution < 1.29 is 14.3 Å². The Morgan fingerprint density at radius 2 is 2.05 bits per heavy atom. The molecule has 0 aromatic heterocycles. The first kappa shape index (κ1) is 13.2. The molecule has 2 aliphatic rings. The van der Waals surface area contributed by atoms with Gasteiger partial charge in [0.05, 0.1) is 0 Å². The topological polar surface area (TPSA) is 40.5 Å². The van der Waals surface area contributed by atoms with Crippen molar-refractivity contribution in [2.24, 2.45) is 5.92 Å². The standard InChI is InChI=1S/C16H18FNO2/c17-13-7-12(3-6-16(19)20)8-15(9-13)18(14-4-5-14)10-11-1-2-11/h3,6-9,11,14H,1-2,4-5,10H2,(H,19,20)/b6-3+. The number of aliphatic carboxylic acids is 1. The Morgan fingerprint density at radius 1 is 1.30 bits per heavy atom. The molecule has 2 saturated carbocycles. The molecule has 0 saturated heterocycles. The number of carbonyl (C=O) groups is 1. The Bertz CT molecular complexity index is 547. The lowest BCUT2D eigenvalue weighted by Crippen LogP contribution is -2.28. The van der Waals surface area contributed by atoms with Crippen LogP contribution in [0.2, 0.25) is 0 Å². The number of anilines is 1. The summed E-state index contributed by atoms with van der Waals surface area (Å²) in [6.45, 7) is 0.996. The Kier molecular flexibility index (Phi) is 3.47. The molecule has 4 heteroatoms. The van der Waals surface area contributed by atoms with Crippen molar-refractivity contribution in [2.45, 2.75) is 31.7 Å². The number of hydrogen-bond acceptors (Lipinski definition) is 2.